The van der Waals surface area contributed by atoms with E-state index in [2.05, 4.69) is 0 Å². The van der Waals surface area contributed by atoms with Gasteiger partial charge in [-0.25, -0.2) is 4.79 Å². The molecule has 1 fully saturated rings. The molecule has 0 spiro atoms. The molecule has 6 nitrogen and oxygen atoms in total. The molecule has 1 heterocycles. The molecule has 1 aliphatic heterocycles. The van der Waals surface area contributed by atoms with Crippen molar-refractivity contribution in [3.8, 4) is 5.75 Å². The van der Waals surface area contributed by atoms with Crippen LogP contribution in [-0.2, 0) is 4.79 Å². The Bertz CT molecular complexity index is 514. The van der Waals surface area contributed by atoms with Crippen molar-refractivity contribution < 1.29 is 24.5 Å². The van der Waals surface area contributed by atoms with Crippen LogP contribution >= 0.6 is 0 Å². The minimum Gasteiger partial charge on any atom is -0.495 e. The summed E-state index contributed by atoms with van der Waals surface area (Å²) in [6.45, 7) is 0.304. The van der Waals surface area contributed by atoms with Gasteiger partial charge in [-0.05, 0) is 18.2 Å². The zero-order valence-electron chi connectivity index (χ0n) is 10.5. The zero-order chi connectivity index (χ0) is 14.0. The highest BCUT2D eigenvalue weighted by atomic mass is 16.5. The smallest absolute Gasteiger partial charge is 0.335 e. The van der Waals surface area contributed by atoms with Crippen LogP contribution in [0.15, 0.2) is 18.2 Å². The van der Waals surface area contributed by atoms with Gasteiger partial charge in [0.2, 0.25) is 5.91 Å². The van der Waals surface area contributed by atoms with Crippen LogP contribution in [0, 0.1) is 5.92 Å². The van der Waals surface area contributed by atoms with E-state index in [1.54, 1.807) is 0 Å². The molecule has 2 N–H and O–H groups in total. The number of rotatable bonds is 4. The van der Waals surface area contributed by atoms with Gasteiger partial charge in [-0.2, -0.15) is 0 Å². The van der Waals surface area contributed by atoms with Crippen LogP contribution in [-0.4, -0.2) is 42.4 Å². The van der Waals surface area contributed by atoms with Gasteiger partial charge in [0.15, 0.2) is 0 Å². The third kappa shape index (κ3) is 2.53. The summed E-state index contributed by atoms with van der Waals surface area (Å²) in [5.41, 5.74) is 0.527. The highest BCUT2D eigenvalue weighted by Crippen LogP contribution is 2.33. The Kier molecular flexibility index (Phi) is 3.71. The first kappa shape index (κ1) is 13.4. The van der Waals surface area contributed by atoms with Gasteiger partial charge in [0.1, 0.15) is 5.75 Å². The van der Waals surface area contributed by atoms with Gasteiger partial charge in [0.05, 0.1) is 18.4 Å². The predicted molar refractivity (Wildman–Crippen MR) is 67.5 cm³/mol. The van der Waals surface area contributed by atoms with E-state index < -0.39 is 5.97 Å². The standard InChI is InChI=1S/C13H15NO5/c1-19-11-3-2-9(13(17)18)5-10(11)14-6-8(7-15)4-12(14)16/h2-3,5,8,15H,4,6-7H2,1H3,(H,17,18). The SMILES string of the molecule is COc1ccc(C(=O)O)cc1N1CC(CO)CC1=O. The van der Waals surface area contributed by atoms with E-state index in [-0.39, 0.29) is 30.4 Å². The molecule has 1 saturated heterocycles. The lowest BCUT2D eigenvalue weighted by molar-refractivity contribution is -0.117. The number of methoxy groups -OCH3 is 1. The van der Waals surface area contributed by atoms with Crippen LogP contribution in [0.3, 0.4) is 0 Å². The minimum absolute atomic E-state index is 0.0663. The van der Waals surface area contributed by atoms with Crippen molar-refractivity contribution in [2.24, 2.45) is 5.92 Å². The molecular weight excluding hydrogens is 250 g/mol. The summed E-state index contributed by atoms with van der Waals surface area (Å²) in [6.07, 6.45) is 0.261. The average molecular weight is 265 g/mol. The van der Waals surface area contributed by atoms with Crippen LogP contribution in [0.2, 0.25) is 0 Å². The Balaban J connectivity index is 2.39. The largest absolute Gasteiger partial charge is 0.495 e. The lowest BCUT2D eigenvalue weighted by atomic mass is 10.1. The second-order valence-corrected chi connectivity index (χ2v) is 4.45. The summed E-state index contributed by atoms with van der Waals surface area (Å²) in [7, 11) is 1.46. The number of carbonyl (C=O) groups excluding carboxylic acids is 1. The van der Waals surface area contributed by atoms with E-state index in [1.165, 1.54) is 30.2 Å². The van der Waals surface area contributed by atoms with Gasteiger partial charge >= 0.3 is 5.97 Å². The van der Waals surface area contributed by atoms with Gasteiger partial charge < -0.3 is 19.8 Å². The van der Waals surface area contributed by atoms with E-state index in [1.807, 2.05) is 0 Å². The Hall–Kier alpha value is -2.08. The topological polar surface area (TPSA) is 87.1 Å². The molecule has 1 unspecified atom stereocenters. The van der Waals surface area contributed by atoms with Gasteiger partial charge in [-0.15, -0.1) is 0 Å². The molecule has 6 heteroatoms. The first-order valence-electron chi connectivity index (χ1n) is 5.89. The number of hydrogen-bond donors (Lipinski definition) is 2. The summed E-state index contributed by atoms with van der Waals surface area (Å²) in [5.74, 6) is -0.878. The molecule has 0 aliphatic carbocycles. The summed E-state index contributed by atoms with van der Waals surface area (Å²) >= 11 is 0. The number of aliphatic hydroxyl groups excluding tert-OH is 1. The first-order chi connectivity index (χ1) is 9.06. The fourth-order valence-electron chi connectivity index (χ4n) is 2.17. The van der Waals surface area contributed by atoms with Gasteiger partial charge in [0, 0.05) is 25.5 Å². The monoisotopic (exact) mass is 265 g/mol. The number of carbonyl (C=O) groups is 2. The Morgan fingerprint density at radius 2 is 2.26 bits per heavy atom. The zero-order valence-corrected chi connectivity index (χ0v) is 10.5. The molecule has 1 atom stereocenters. The third-order valence-electron chi connectivity index (χ3n) is 3.18. The highest BCUT2D eigenvalue weighted by molar-refractivity contribution is 5.99. The maximum absolute atomic E-state index is 11.9. The van der Waals surface area contributed by atoms with Crippen molar-refractivity contribution in [2.45, 2.75) is 6.42 Å². The number of ether oxygens (including phenoxy) is 1. The fraction of sp³-hybridized carbons (Fsp3) is 0.385. The Morgan fingerprint density at radius 1 is 1.53 bits per heavy atom. The van der Waals surface area contributed by atoms with Crippen molar-refractivity contribution in [2.75, 3.05) is 25.2 Å². The molecule has 0 radical (unpaired) electrons. The molecule has 102 valence electrons. The Morgan fingerprint density at radius 3 is 2.79 bits per heavy atom. The summed E-state index contributed by atoms with van der Waals surface area (Å²) < 4.78 is 5.16. The molecule has 1 amide bonds. The number of benzene rings is 1. The van der Waals surface area contributed by atoms with Crippen molar-refractivity contribution in [3.05, 3.63) is 23.8 Å². The van der Waals surface area contributed by atoms with Crippen molar-refractivity contribution in [1.82, 2.24) is 0 Å². The van der Waals surface area contributed by atoms with E-state index >= 15 is 0 Å². The normalized spacial score (nSPS) is 18.7. The third-order valence-corrected chi connectivity index (χ3v) is 3.18. The van der Waals surface area contributed by atoms with Gasteiger partial charge in [-0.1, -0.05) is 0 Å². The number of nitrogens with zero attached hydrogens (tertiary/aromatic N) is 1. The summed E-state index contributed by atoms with van der Waals surface area (Å²) in [6, 6.07) is 4.37. The van der Waals surface area contributed by atoms with E-state index in [4.69, 9.17) is 14.9 Å². The number of carboxylic acids is 1. The van der Waals surface area contributed by atoms with E-state index in [9.17, 15) is 9.59 Å². The summed E-state index contributed by atoms with van der Waals surface area (Å²) in [4.78, 5) is 24.4. The number of aromatic carboxylic acids is 1. The predicted octanol–water partition coefficient (Wildman–Crippen LogP) is 0.739. The van der Waals surface area contributed by atoms with Crippen LogP contribution < -0.4 is 9.64 Å². The lowest BCUT2D eigenvalue weighted by Crippen LogP contribution is -2.25. The molecule has 1 aliphatic rings. The van der Waals surface area contributed by atoms with Crippen LogP contribution in [0.5, 0.6) is 5.75 Å². The maximum atomic E-state index is 11.9. The first-order valence-corrected chi connectivity index (χ1v) is 5.89. The number of anilines is 1. The van der Waals surface area contributed by atoms with E-state index in [0.717, 1.165) is 0 Å². The molecule has 0 saturated carbocycles. The Labute approximate surface area is 110 Å². The quantitative estimate of drug-likeness (QED) is 0.838. The van der Waals surface area contributed by atoms with E-state index in [0.29, 0.717) is 18.0 Å². The van der Waals surface area contributed by atoms with Gasteiger partial charge in [-0.3, -0.25) is 4.79 Å². The van der Waals surface area contributed by atoms with Crippen LogP contribution in [0.4, 0.5) is 5.69 Å². The molecule has 0 aromatic heterocycles. The average Bonchev–Trinajstić information content (AvgIpc) is 2.79. The molecule has 2 rings (SSSR count). The highest BCUT2D eigenvalue weighted by Gasteiger charge is 2.32. The number of amides is 1. The number of carboxylic acid groups (broad SMARTS) is 1. The fourth-order valence-corrected chi connectivity index (χ4v) is 2.17. The number of hydrogen-bond acceptors (Lipinski definition) is 4. The molecular formula is C13H15NO5. The summed E-state index contributed by atoms with van der Waals surface area (Å²) in [5, 5.41) is 18.1. The van der Waals surface area contributed by atoms with Crippen molar-refractivity contribution in [3.63, 3.8) is 0 Å². The molecule has 0 bridgehead atoms. The van der Waals surface area contributed by atoms with Crippen LogP contribution in [0.1, 0.15) is 16.8 Å². The lowest BCUT2D eigenvalue weighted by Gasteiger charge is -2.20. The molecule has 19 heavy (non-hydrogen) atoms. The molecule has 1 aromatic rings. The number of aliphatic hydroxyl groups is 1. The second kappa shape index (κ2) is 5.27. The minimum atomic E-state index is -1.06. The van der Waals surface area contributed by atoms with Crippen LogP contribution in [0.25, 0.3) is 0 Å². The second-order valence-electron chi connectivity index (χ2n) is 4.45. The maximum Gasteiger partial charge on any atom is 0.335 e. The van der Waals surface area contributed by atoms with Gasteiger partial charge in [0.25, 0.3) is 0 Å². The van der Waals surface area contributed by atoms with Crippen molar-refractivity contribution in [1.29, 1.82) is 0 Å². The molecule has 1 aromatic carbocycles. The van der Waals surface area contributed by atoms with Crippen molar-refractivity contribution >= 4 is 17.6 Å².